The standard InChI is InChI=1S/C33H50N2O5/c1-6-8-10-12-14-16-18-39-26-20-24-25(21-27(26)40-19-17-15-13-11-9-7-2)35-29(34-24)28(36)32(4)22-31(35,3)23-33(32,5)30(37)38/h20-21H,6-19,22-23H2,1-5H3,(H,37,38)/t31-,32-,33-/m0/s1. The quantitative estimate of drug-likeness (QED) is 0.198. The fraction of sp³-hybridized carbons (Fsp3) is 0.727. The minimum atomic E-state index is -1.15. The lowest BCUT2D eigenvalue weighted by molar-refractivity contribution is -0.152. The Bertz CT molecular complexity index is 1210. The third-order valence-electron chi connectivity index (χ3n) is 9.63. The molecule has 2 aromatic rings. The van der Waals surface area contributed by atoms with Crippen LogP contribution in [0.1, 0.15) is 135 Å². The van der Waals surface area contributed by atoms with E-state index in [0.29, 0.717) is 48.9 Å². The van der Waals surface area contributed by atoms with Gasteiger partial charge in [0.1, 0.15) is 0 Å². The number of nitrogens with zero attached hydrogens (tertiary/aromatic N) is 2. The van der Waals surface area contributed by atoms with Crippen LogP contribution >= 0.6 is 0 Å². The van der Waals surface area contributed by atoms with E-state index in [1.165, 1.54) is 51.4 Å². The first kappa shape index (κ1) is 30.4. The van der Waals surface area contributed by atoms with Crippen molar-refractivity contribution >= 4 is 22.8 Å². The maximum Gasteiger partial charge on any atom is 0.310 e. The molecule has 1 aromatic heterocycles. The molecular formula is C33H50N2O5. The second-order valence-corrected chi connectivity index (χ2v) is 12.9. The summed E-state index contributed by atoms with van der Waals surface area (Å²) in [6.45, 7) is 11.3. The Morgan fingerprint density at radius 2 is 1.38 bits per heavy atom. The molecule has 1 fully saturated rings. The third-order valence-corrected chi connectivity index (χ3v) is 9.63. The Balaban J connectivity index is 1.59. The SMILES string of the molecule is CCCCCCCCOc1cc2nc3n(c2cc1OCCCCCCCC)[C@]1(C)C[C@@](C)(C(=O)O)[C@@](C)(C1)C3=O. The molecule has 1 saturated carbocycles. The fourth-order valence-electron chi connectivity index (χ4n) is 7.16. The van der Waals surface area contributed by atoms with Gasteiger partial charge in [-0.3, -0.25) is 9.59 Å². The van der Waals surface area contributed by atoms with Gasteiger partial charge in [0.2, 0.25) is 5.78 Å². The van der Waals surface area contributed by atoms with Crippen molar-refractivity contribution in [1.82, 2.24) is 9.55 Å². The van der Waals surface area contributed by atoms with E-state index in [0.717, 1.165) is 31.2 Å². The van der Waals surface area contributed by atoms with Crippen molar-refractivity contribution in [2.24, 2.45) is 10.8 Å². The summed E-state index contributed by atoms with van der Waals surface area (Å²) in [5.74, 6) is 0.597. The smallest absolute Gasteiger partial charge is 0.310 e. The minimum absolute atomic E-state index is 0.187. The summed E-state index contributed by atoms with van der Waals surface area (Å²) in [5.41, 5.74) is -1.17. The summed E-state index contributed by atoms with van der Waals surface area (Å²) in [5, 5.41) is 10.2. The molecule has 0 unspecified atom stereocenters. The minimum Gasteiger partial charge on any atom is -0.490 e. The largest absolute Gasteiger partial charge is 0.490 e. The number of fused-ring (bicyclic) bond motifs is 6. The van der Waals surface area contributed by atoms with Crippen molar-refractivity contribution in [3.8, 4) is 11.5 Å². The van der Waals surface area contributed by atoms with Gasteiger partial charge in [-0.1, -0.05) is 85.0 Å². The van der Waals surface area contributed by atoms with E-state index in [9.17, 15) is 14.7 Å². The summed E-state index contributed by atoms with van der Waals surface area (Å²) in [7, 11) is 0. The zero-order chi connectivity index (χ0) is 29.0. The molecule has 0 saturated heterocycles. The molecule has 2 heterocycles. The number of ketones is 1. The predicted octanol–water partition coefficient (Wildman–Crippen LogP) is 8.32. The molecule has 2 aliphatic rings. The molecule has 0 amide bonds. The number of benzene rings is 1. The number of carboxylic acid groups (broad SMARTS) is 1. The zero-order valence-electron chi connectivity index (χ0n) is 25.4. The molecule has 1 N–H and O–H groups in total. The average molecular weight is 555 g/mol. The molecule has 3 atom stereocenters. The predicted molar refractivity (Wildman–Crippen MR) is 159 cm³/mol. The van der Waals surface area contributed by atoms with Crippen molar-refractivity contribution in [2.45, 2.75) is 130 Å². The molecule has 1 aromatic carbocycles. The Kier molecular flexibility index (Phi) is 9.51. The summed E-state index contributed by atoms with van der Waals surface area (Å²) >= 11 is 0. The molecule has 4 rings (SSSR count). The first-order chi connectivity index (χ1) is 19.1. The number of aromatic nitrogens is 2. The maximum absolute atomic E-state index is 13.8. The number of ether oxygens (including phenoxy) is 2. The van der Waals surface area contributed by atoms with E-state index in [1.807, 2.05) is 23.6 Å². The lowest BCUT2D eigenvalue weighted by Crippen LogP contribution is -2.47. The van der Waals surface area contributed by atoms with E-state index >= 15 is 0 Å². The molecular weight excluding hydrogens is 504 g/mol. The molecule has 0 spiro atoms. The Hall–Kier alpha value is -2.57. The topological polar surface area (TPSA) is 90.7 Å². The number of imidazole rings is 1. The van der Waals surface area contributed by atoms with Crippen molar-refractivity contribution in [1.29, 1.82) is 0 Å². The molecule has 2 bridgehead atoms. The van der Waals surface area contributed by atoms with Crippen LogP contribution in [0.4, 0.5) is 0 Å². The van der Waals surface area contributed by atoms with Gasteiger partial charge in [-0.25, -0.2) is 4.98 Å². The van der Waals surface area contributed by atoms with Crippen LogP contribution in [-0.2, 0) is 10.3 Å². The number of carbonyl (C=O) groups is 2. The third kappa shape index (κ3) is 5.62. The van der Waals surface area contributed by atoms with Gasteiger partial charge >= 0.3 is 5.97 Å². The number of hydrogen-bond acceptors (Lipinski definition) is 5. The van der Waals surface area contributed by atoms with Gasteiger partial charge in [0.25, 0.3) is 0 Å². The fourth-order valence-corrected chi connectivity index (χ4v) is 7.16. The van der Waals surface area contributed by atoms with Crippen molar-refractivity contribution < 1.29 is 24.2 Å². The molecule has 0 radical (unpaired) electrons. The van der Waals surface area contributed by atoms with E-state index in [2.05, 4.69) is 20.8 Å². The van der Waals surface area contributed by atoms with Crippen LogP contribution in [0, 0.1) is 10.8 Å². The van der Waals surface area contributed by atoms with Crippen molar-refractivity contribution in [3.05, 3.63) is 18.0 Å². The second-order valence-electron chi connectivity index (χ2n) is 12.9. The van der Waals surface area contributed by atoms with Crippen molar-refractivity contribution in [2.75, 3.05) is 13.2 Å². The number of aliphatic carboxylic acids is 1. The highest BCUT2D eigenvalue weighted by Crippen LogP contribution is 2.64. The van der Waals surface area contributed by atoms with Gasteiger partial charge in [0, 0.05) is 17.7 Å². The van der Waals surface area contributed by atoms with Gasteiger partial charge in [-0.15, -0.1) is 0 Å². The van der Waals surface area contributed by atoms with Crippen LogP contribution in [0.15, 0.2) is 12.1 Å². The molecule has 1 aliphatic heterocycles. The summed E-state index contributed by atoms with van der Waals surface area (Å²) < 4.78 is 14.6. The van der Waals surface area contributed by atoms with Crippen LogP contribution in [0.5, 0.6) is 11.5 Å². The van der Waals surface area contributed by atoms with E-state index in [4.69, 9.17) is 14.5 Å². The van der Waals surface area contributed by atoms with Gasteiger partial charge < -0.3 is 19.1 Å². The van der Waals surface area contributed by atoms with E-state index < -0.39 is 22.3 Å². The number of hydrogen-bond donors (Lipinski definition) is 1. The number of carboxylic acids is 1. The van der Waals surface area contributed by atoms with Crippen LogP contribution in [0.3, 0.4) is 0 Å². The Morgan fingerprint density at radius 1 is 0.850 bits per heavy atom. The monoisotopic (exact) mass is 554 g/mol. The summed E-state index contributed by atoms with van der Waals surface area (Å²) in [4.78, 5) is 31.0. The average Bonchev–Trinajstić information content (AvgIpc) is 3.38. The highest BCUT2D eigenvalue weighted by molar-refractivity contribution is 6.05. The van der Waals surface area contributed by atoms with Crippen molar-refractivity contribution in [3.63, 3.8) is 0 Å². The first-order valence-corrected chi connectivity index (χ1v) is 15.7. The number of Topliss-reactive ketones (excluding diaryl/α,β-unsaturated/α-hetero) is 1. The Labute approximate surface area is 240 Å². The molecule has 40 heavy (non-hydrogen) atoms. The first-order valence-electron chi connectivity index (χ1n) is 15.7. The lowest BCUT2D eigenvalue weighted by Gasteiger charge is -2.38. The van der Waals surface area contributed by atoms with Gasteiger partial charge in [0.05, 0.1) is 35.1 Å². The highest BCUT2D eigenvalue weighted by Gasteiger charge is 2.69. The van der Waals surface area contributed by atoms with Crippen LogP contribution in [0.25, 0.3) is 11.0 Å². The molecule has 1 aliphatic carbocycles. The maximum atomic E-state index is 13.8. The van der Waals surface area contributed by atoms with Crippen LogP contribution in [-0.4, -0.2) is 39.6 Å². The van der Waals surface area contributed by atoms with E-state index in [1.54, 1.807) is 6.92 Å². The lowest BCUT2D eigenvalue weighted by atomic mass is 9.65. The number of carbonyl (C=O) groups excluding carboxylic acids is 1. The summed E-state index contributed by atoms with van der Waals surface area (Å²) in [6.07, 6.45) is 15.1. The summed E-state index contributed by atoms with van der Waals surface area (Å²) in [6, 6.07) is 3.88. The second kappa shape index (κ2) is 12.5. The molecule has 7 heteroatoms. The van der Waals surface area contributed by atoms with Gasteiger partial charge in [-0.05, 0) is 39.5 Å². The highest BCUT2D eigenvalue weighted by atomic mass is 16.5. The number of rotatable bonds is 17. The Morgan fingerprint density at radius 3 is 1.93 bits per heavy atom. The molecule has 222 valence electrons. The van der Waals surface area contributed by atoms with Crippen LogP contribution in [0.2, 0.25) is 0 Å². The van der Waals surface area contributed by atoms with Gasteiger partial charge in [0.15, 0.2) is 17.3 Å². The van der Waals surface area contributed by atoms with Crippen LogP contribution < -0.4 is 9.47 Å². The zero-order valence-corrected chi connectivity index (χ0v) is 25.4. The number of unbranched alkanes of at least 4 members (excludes halogenated alkanes) is 10. The molecule has 7 nitrogen and oxygen atoms in total. The van der Waals surface area contributed by atoms with Gasteiger partial charge in [-0.2, -0.15) is 0 Å². The van der Waals surface area contributed by atoms with E-state index in [-0.39, 0.29) is 5.78 Å². The normalized spacial score (nSPS) is 25.4.